The molecular weight excluding hydrogens is 296 g/mol. The van der Waals surface area contributed by atoms with Crippen molar-refractivity contribution in [1.29, 1.82) is 0 Å². The third-order valence-electron chi connectivity index (χ3n) is 4.21. The van der Waals surface area contributed by atoms with Crippen molar-refractivity contribution in [3.63, 3.8) is 0 Å². The number of fused-ring (bicyclic) bond motifs is 1. The molecular formula is C21H16N2O. The molecule has 1 aromatic heterocycles. The zero-order valence-corrected chi connectivity index (χ0v) is 13.3. The summed E-state index contributed by atoms with van der Waals surface area (Å²) in [4.78, 5) is 17.5. The molecule has 0 unspecified atom stereocenters. The van der Waals surface area contributed by atoms with Gasteiger partial charge < -0.3 is 0 Å². The third-order valence-corrected chi connectivity index (χ3v) is 4.21. The van der Waals surface area contributed by atoms with Crippen LogP contribution in [0.4, 0.5) is 0 Å². The highest BCUT2D eigenvalue weighted by atomic mass is 16.1. The number of hydrogen-bond donors (Lipinski definition) is 0. The van der Waals surface area contributed by atoms with E-state index in [1.54, 1.807) is 11.6 Å². The fourth-order valence-corrected chi connectivity index (χ4v) is 2.93. The summed E-state index contributed by atoms with van der Waals surface area (Å²) in [7, 11) is 1.77. The smallest absolute Gasteiger partial charge is 0.261 e. The molecule has 1 heterocycles. The lowest BCUT2D eigenvalue weighted by molar-refractivity contribution is 0.856. The van der Waals surface area contributed by atoms with Crippen LogP contribution in [0.25, 0.3) is 33.4 Å². The molecule has 0 spiro atoms. The summed E-state index contributed by atoms with van der Waals surface area (Å²) in [5, 5.41) is 0.638. The van der Waals surface area contributed by atoms with Crippen LogP contribution in [0.2, 0.25) is 0 Å². The second kappa shape index (κ2) is 5.78. The standard InChI is InChI=1S/C21H16N2O/c1-23-20(16-10-6-3-7-11-16)22-19-13-12-17(14-18(19)21(23)24)15-8-4-2-5-9-15/h2-14H,1H3. The number of hydrogen-bond acceptors (Lipinski definition) is 2. The van der Waals surface area contributed by atoms with Gasteiger partial charge in [-0.15, -0.1) is 0 Å². The summed E-state index contributed by atoms with van der Waals surface area (Å²) >= 11 is 0. The van der Waals surface area contributed by atoms with Crippen LogP contribution in [0.1, 0.15) is 0 Å². The van der Waals surface area contributed by atoms with Crippen LogP contribution in [0.5, 0.6) is 0 Å². The predicted molar refractivity (Wildman–Crippen MR) is 97.9 cm³/mol. The van der Waals surface area contributed by atoms with E-state index in [9.17, 15) is 4.79 Å². The van der Waals surface area contributed by atoms with E-state index in [1.165, 1.54) is 0 Å². The Morgan fingerprint density at radius 2 is 1.38 bits per heavy atom. The Labute approximate surface area is 139 Å². The Kier molecular flexibility index (Phi) is 3.47. The molecule has 0 fully saturated rings. The molecule has 0 aliphatic heterocycles. The van der Waals surface area contributed by atoms with Gasteiger partial charge in [0.1, 0.15) is 5.82 Å². The average molecular weight is 312 g/mol. The fourth-order valence-electron chi connectivity index (χ4n) is 2.93. The normalized spacial score (nSPS) is 10.9. The lowest BCUT2D eigenvalue weighted by Crippen LogP contribution is -2.20. The summed E-state index contributed by atoms with van der Waals surface area (Å²) < 4.78 is 1.62. The van der Waals surface area contributed by atoms with E-state index in [0.29, 0.717) is 11.2 Å². The third kappa shape index (κ3) is 2.40. The zero-order valence-electron chi connectivity index (χ0n) is 13.3. The van der Waals surface area contributed by atoms with Crippen molar-refractivity contribution < 1.29 is 0 Å². The molecule has 0 aliphatic rings. The van der Waals surface area contributed by atoms with Gasteiger partial charge in [0.05, 0.1) is 10.9 Å². The topological polar surface area (TPSA) is 34.9 Å². The number of aromatic nitrogens is 2. The van der Waals surface area contributed by atoms with Crippen molar-refractivity contribution >= 4 is 10.9 Å². The van der Waals surface area contributed by atoms with Gasteiger partial charge in [0, 0.05) is 12.6 Å². The highest BCUT2D eigenvalue weighted by Crippen LogP contribution is 2.23. The van der Waals surface area contributed by atoms with Gasteiger partial charge in [-0.25, -0.2) is 4.98 Å². The maximum atomic E-state index is 12.8. The molecule has 0 amide bonds. The Hall–Kier alpha value is -3.20. The number of rotatable bonds is 2. The molecule has 0 saturated heterocycles. The Morgan fingerprint density at radius 1 is 0.750 bits per heavy atom. The molecule has 0 bridgehead atoms. The van der Waals surface area contributed by atoms with Gasteiger partial charge >= 0.3 is 0 Å². The van der Waals surface area contributed by atoms with E-state index >= 15 is 0 Å². The van der Waals surface area contributed by atoms with Crippen molar-refractivity contribution in [1.82, 2.24) is 9.55 Å². The van der Waals surface area contributed by atoms with Crippen molar-refractivity contribution in [2.75, 3.05) is 0 Å². The molecule has 0 radical (unpaired) electrons. The highest BCUT2D eigenvalue weighted by Gasteiger charge is 2.11. The van der Waals surface area contributed by atoms with Gasteiger partial charge in [0.2, 0.25) is 0 Å². The van der Waals surface area contributed by atoms with Gasteiger partial charge in [-0.1, -0.05) is 66.7 Å². The molecule has 24 heavy (non-hydrogen) atoms. The summed E-state index contributed by atoms with van der Waals surface area (Å²) in [6.45, 7) is 0. The van der Waals surface area contributed by atoms with Crippen LogP contribution < -0.4 is 5.56 Å². The van der Waals surface area contributed by atoms with E-state index in [4.69, 9.17) is 4.98 Å². The number of nitrogens with zero attached hydrogens (tertiary/aromatic N) is 2. The first kappa shape index (κ1) is 14.4. The van der Waals surface area contributed by atoms with Crippen LogP contribution in [-0.2, 0) is 7.05 Å². The first-order valence-corrected chi connectivity index (χ1v) is 7.86. The van der Waals surface area contributed by atoms with E-state index in [-0.39, 0.29) is 5.56 Å². The number of benzene rings is 3. The lowest BCUT2D eigenvalue weighted by Gasteiger charge is -2.10. The molecule has 3 nitrogen and oxygen atoms in total. The van der Waals surface area contributed by atoms with Gasteiger partial charge in [-0.2, -0.15) is 0 Å². The fraction of sp³-hybridized carbons (Fsp3) is 0.0476. The Bertz CT molecular complexity index is 1070. The molecule has 0 saturated carbocycles. The molecule has 3 aromatic carbocycles. The predicted octanol–water partition coefficient (Wildman–Crippen LogP) is 4.27. The zero-order chi connectivity index (χ0) is 16.5. The molecule has 3 heteroatoms. The maximum absolute atomic E-state index is 12.8. The van der Waals surface area contributed by atoms with Crippen LogP contribution >= 0.6 is 0 Å². The summed E-state index contributed by atoms with van der Waals surface area (Å²) in [5.41, 5.74) is 3.74. The first-order chi connectivity index (χ1) is 11.7. The van der Waals surface area contributed by atoms with E-state index in [1.807, 2.05) is 78.9 Å². The van der Waals surface area contributed by atoms with E-state index in [0.717, 1.165) is 22.2 Å². The van der Waals surface area contributed by atoms with Crippen LogP contribution in [0.3, 0.4) is 0 Å². The van der Waals surface area contributed by atoms with E-state index in [2.05, 4.69) is 0 Å². The maximum Gasteiger partial charge on any atom is 0.261 e. The monoisotopic (exact) mass is 312 g/mol. The minimum Gasteiger partial charge on any atom is -0.295 e. The van der Waals surface area contributed by atoms with Gasteiger partial charge in [0.25, 0.3) is 5.56 Å². The molecule has 4 aromatic rings. The van der Waals surface area contributed by atoms with Crippen molar-refractivity contribution in [3.05, 3.63) is 89.2 Å². The second-order valence-electron chi connectivity index (χ2n) is 5.76. The van der Waals surface area contributed by atoms with E-state index < -0.39 is 0 Å². The first-order valence-electron chi connectivity index (χ1n) is 7.86. The Morgan fingerprint density at radius 3 is 2.04 bits per heavy atom. The van der Waals surface area contributed by atoms with Gasteiger partial charge in [0.15, 0.2) is 0 Å². The van der Waals surface area contributed by atoms with Gasteiger partial charge in [-0.3, -0.25) is 9.36 Å². The average Bonchev–Trinajstić information content (AvgIpc) is 2.66. The summed E-state index contributed by atoms with van der Waals surface area (Å²) in [6, 6.07) is 25.7. The van der Waals surface area contributed by atoms with Crippen molar-refractivity contribution in [2.45, 2.75) is 0 Å². The molecule has 0 atom stereocenters. The van der Waals surface area contributed by atoms with Gasteiger partial charge in [-0.05, 0) is 23.3 Å². The molecule has 0 aliphatic carbocycles. The summed E-state index contributed by atoms with van der Waals surface area (Å²) in [5.74, 6) is 0.681. The van der Waals surface area contributed by atoms with Crippen molar-refractivity contribution in [2.24, 2.45) is 7.05 Å². The second-order valence-corrected chi connectivity index (χ2v) is 5.76. The largest absolute Gasteiger partial charge is 0.295 e. The highest BCUT2D eigenvalue weighted by molar-refractivity contribution is 5.85. The summed E-state index contributed by atoms with van der Waals surface area (Å²) in [6.07, 6.45) is 0. The SMILES string of the molecule is Cn1c(-c2ccccc2)nc2ccc(-c3ccccc3)cc2c1=O. The molecule has 116 valence electrons. The minimum absolute atomic E-state index is 0.0309. The minimum atomic E-state index is -0.0309. The van der Waals surface area contributed by atoms with Crippen LogP contribution in [-0.4, -0.2) is 9.55 Å². The van der Waals surface area contributed by atoms with Crippen molar-refractivity contribution in [3.8, 4) is 22.5 Å². The Balaban J connectivity index is 1.94. The molecule has 4 rings (SSSR count). The molecule has 0 N–H and O–H groups in total. The van der Waals surface area contributed by atoms with Crippen LogP contribution in [0, 0.1) is 0 Å². The van der Waals surface area contributed by atoms with Crippen LogP contribution in [0.15, 0.2) is 83.7 Å². The lowest BCUT2D eigenvalue weighted by atomic mass is 10.0. The quantitative estimate of drug-likeness (QED) is 0.554.